The Morgan fingerprint density at radius 2 is 1.96 bits per heavy atom. The minimum absolute atomic E-state index is 0.0161. The standard InChI is InChI=1S/C17H20N2O5/c1-11(2)15(13-9-14(24-19-13)16(20)22-3)18-17(21)23-10-12-7-5-4-6-8-12/h4-9,11,15H,10H2,1-3H3,(H,18,21)/t15-/m0/s1. The fourth-order valence-corrected chi connectivity index (χ4v) is 2.11. The molecular formula is C17H20N2O5. The van der Waals surface area contributed by atoms with Crippen LogP contribution >= 0.6 is 0 Å². The first-order chi connectivity index (χ1) is 11.5. The SMILES string of the molecule is COC(=O)c1cc([C@@H](NC(=O)OCc2ccccc2)C(C)C)no1. The summed E-state index contributed by atoms with van der Waals surface area (Å²) in [6, 6.07) is 10.4. The number of alkyl carbamates (subject to hydrolysis) is 1. The Balaban J connectivity index is 1.99. The molecule has 0 saturated heterocycles. The fraction of sp³-hybridized carbons (Fsp3) is 0.353. The van der Waals surface area contributed by atoms with Gasteiger partial charge < -0.3 is 19.3 Å². The highest BCUT2D eigenvalue weighted by atomic mass is 16.6. The predicted octanol–water partition coefficient (Wildman–Crippen LogP) is 3.08. The second-order valence-electron chi connectivity index (χ2n) is 5.54. The summed E-state index contributed by atoms with van der Waals surface area (Å²) in [5.41, 5.74) is 1.32. The fourth-order valence-electron chi connectivity index (χ4n) is 2.11. The average molecular weight is 332 g/mol. The number of carbonyl (C=O) groups is 2. The van der Waals surface area contributed by atoms with E-state index in [0.717, 1.165) is 5.56 Å². The number of ether oxygens (including phenoxy) is 2. The van der Waals surface area contributed by atoms with Crippen molar-refractivity contribution in [2.24, 2.45) is 5.92 Å². The van der Waals surface area contributed by atoms with E-state index in [9.17, 15) is 9.59 Å². The third kappa shape index (κ3) is 4.58. The van der Waals surface area contributed by atoms with E-state index in [2.05, 4.69) is 15.2 Å². The van der Waals surface area contributed by atoms with Crippen molar-refractivity contribution in [3.8, 4) is 0 Å². The van der Waals surface area contributed by atoms with E-state index < -0.39 is 18.1 Å². The highest BCUT2D eigenvalue weighted by Gasteiger charge is 2.24. The molecule has 0 fully saturated rings. The van der Waals surface area contributed by atoms with Gasteiger partial charge in [0.1, 0.15) is 12.3 Å². The number of hydrogen-bond acceptors (Lipinski definition) is 6. The number of carbonyl (C=O) groups excluding carboxylic acids is 2. The Bertz CT molecular complexity index is 681. The minimum Gasteiger partial charge on any atom is -0.463 e. The second-order valence-corrected chi connectivity index (χ2v) is 5.54. The summed E-state index contributed by atoms with van der Waals surface area (Å²) in [5, 5.41) is 6.57. The van der Waals surface area contributed by atoms with E-state index in [4.69, 9.17) is 9.26 Å². The normalized spacial score (nSPS) is 11.8. The van der Waals surface area contributed by atoms with E-state index in [1.54, 1.807) is 0 Å². The van der Waals surface area contributed by atoms with E-state index in [1.807, 2.05) is 44.2 Å². The van der Waals surface area contributed by atoms with Crippen LogP contribution in [-0.4, -0.2) is 24.3 Å². The maximum Gasteiger partial charge on any atom is 0.408 e. The molecule has 2 rings (SSSR count). The molecule has 2 aromatic rings. The van der Waals surface area contributed by atoms with E-state index in [0.29, 0.717) is 5.69 Å². The van der Waals surface area contributed by atoms with E-state index in [-0.39, 0.29) is 18.3 Å². The predicted molar refractivity (Wildman–Crippen MR) is 85.2 cm³/mol. The maximum absolute atomic E-state index is 12.0. The van der Waals surface area contributed by atoms with E-state index in [1.165, 1.54) is 13.2 Å². The van der Waals surface area contributed by atoms with Crippen LogP contribution in [0.5, 0.6) is 0 Å². The molecule has 24 heavy (non-hydrogen) atoms. The molecule has 1 N–H and O–H groups in total. The number of nitrogens with zero attached hydrogens (tertiary/aromatic N) is 1. The number of rotatable bonds is 6. The molecule has 0 spiro atoms. The molecule has 0 radical (unpaired) electrons. The van der Waals surface area contributed by atoms with Crippen molar-refractivity contribution in [2.75, 3.05) is 7.11 Å². The van der Waals surface area contributed by atoms with Crippen LogP contribution < -0.4 is 5.32 Å². The zero-order valence-electron chi connectivity index (χ0n) is 13.8. The molecule has 0 saturated carbocycles. The first-order valence-electron chi connectivity index (χ1n) is 7.53. The van der Waals surface area contributed by atoms with Gasteiger partial charge in [-0.25, -0.2) is 9.59 Å². The number of methoxy groups -OCH3 is 1. The number of amides is 1. The molecule has 0 aliphatic rings. The lowest BCUT2D eigenvalue weighted by Crippen LogP contribution is -2.32. The van der Waals surface area contributed by atoms with Crippen molar-refractivity contribution < 1.29 is 23.6 Å². The van der Waals surface area contributed by atoms with Gasteiger partial charge in [-0.15, -0.1) is 0 Å². The van der Waals surface area contributed by atoms with Gasteiger partial charge in [-0.05, 0) is 11.5 Å². The smallest absolute Gasteiger partial charge is 0.408 e. The summed E-state index contributed by atoms with van der Waals surface area (Å²) in [6.07, 6.45) is -0.569. The summed E-state index contributed by atoms with van der Waals surface area (Å²) in [4.78, 5) is 23.5. The summed E-state index contributed by atoms with van der Waals surface area (Å²) in [6.45, 7) is 3.99. The summed E-state index contributed by atoms with van der Waals surface area (Å²) < 4.78 is 14.7. The van der Waals surface area contributed by atoms with Crippen molar-refractivity contribution >= 4 is 12.1 Å². The number of aromatic nitrogens is 1. The molecule has 0 unspecified atom stereocenters. The molecule has 1 heterocycles. The minimum atomic E-state index is -0.622. The van der Waals surface area contributed by atoms with Gasteiger partial charge in [0.15, 0.2) is 0 Å². The lowest BCUT2D eigenvalue weighted by Gasteiger charge is -2.19. The molecule has 0 aliphatic carbocycles. The van der Waals surface area contributed by atoms with Gasteiger partial charge in [-0.3, -0.25) is 0 Å². The summed E-state index contributed by atoms with van der Waals surface area (Å²) in [7, 11) is 1.25. The van der Waals surface area contributed by atoms with Gasteiger partial charge in [0.2, 0.25) is 5.76 Å². The van der Waals surface area contributed by atoms with Crippen LogP contribution in [0.2, 0.25) is 0 Å². The highest BCUT2D eigenvalue weighted by Crippen LogP contribution is 2.22. The van der Waals surface area contributed by atoms with Gasteiger partial charge in [0.25, 0.3) is 0 Å². The van der Waals surface area contributed by atoms with Crippen molar-refractivity contribution in [3.05, 3.63) is 53.4 Å². The first kappa shape index (κ1) is 17.5. The van der Waals surface area contributed by atoms with Crippen LogP contribution in [0.4, 0.5) is 4.79 Å². The third-order valence-electron chi connectivity index (χ3n) is 3.39. The summed E-state index contributed by atoms with van der Waals surface area (Å²) in [5.74, 6) is -0.620. The third-order valence-corrected chi connectivity index (χ3v) is 3.39. The van der Waals surface area contributed by atoms with Crippen molar-refractivity contribution in [2.45, 2.75) is 26.5 Å². The molecule has 1 atom stereocenters. The lowest BCUT2D eigenvalue weighted by molar-refractivity contribution is 0.0554. The zero-order valence-corrected chi connectivity index (χ0v) is 13.8. The monoisotopic (exact) mass is 332 g/mol. The topological polar surface area (TPSA) is 90.7 Å². The molecular weight excluding hydrogens is 312 g/mol. The van der Waals surface area contributed by atoms with Gasteiger partial charge >= 0.3 is 12.1 Å². The molecule has 0 aliphatic heterocycles. The van der Waals surface area contributed by atoms with Crippen LogP contribution in [0.1, 0.15) is 41.7 Å². The Morgan fingerprint density at radius 3 is 2.58 bits per heavy atom. The van der Waals surface area contributed by atoms with Gasteiger partial charge in [0.05, 0.1) is 13.2 Å². The molecule has 1 aromatic carbocycles. The molecule has 7 heteroatoms. The van der Waals surface area contributed by atoms with Crippen molar-refractivity contribution in [1.29, 1.82) is 0 Å². The number of benzene rings is 1. The van der Waals surface area contributed by atoms with Crippen molar-refractivity contribution in [1.82, 2.24) is 10.5 Å². The van der Waals surface area contributed by atoms with Gasteiger partial charge in [-0.2, -0.15) is 0 Å². The Hall–Kier alpha value is -2.83. The highest BCUT2D eigenvalue weighted by molar-refractivity contribution is 5.86. The second kappa shape index (κ2) is 8.14. The first-order valence-corrected chi connectivity index (χ1v) is 7.53. The molecule has 1 aromatic heterocycles. The molecule has 1 amide bonds. The number of nitrogens with one attached hydrogen (secondary N) is 1. The van der Waals surface area contributed by atoms with Crippen LogP contribution in [0, 0.1) is 5.92 Å². The maximum atomic E-state index is 12.0. The number of esters is 1. The average Bonchev–Trinajstić information content (AvgIpc) is 3.07. The molecule has 0 bridgehead atoms. The molecule has 7 nitrogen and oxygen atoms in total. The van der Waals surface area contributed by atoms with E-state index >= 15 is 0 Å². The Morgan fingerprint density at radius 1 is 1.25 bits per heavy atom. The van der Waals surface area contributed by atoms with Crippen LogP contribution in [0.25, 0.3) is 0 Å². The van der Waals surface area contributed by atoms with Gasteiger partial charge in [-0.1, -0.05) is 49.3 Å². The number of hydrogen-bond donors (Lipinski definition) is 1. The molecule has 128 valence electrons. The zero-order chi connectivity index (χ0) is 17.5. The Kier molecular flexibility index (Phi) is 5.95. The van der Waals surface area contributed by atoms with Crippen LogP contribution in [0.3, 0.4) is 0 Å². The van der Waals surface area contributed by atoms with Crippen LogP contribution in [-0.2, 0) is 16.1 Å². The van der Waals surface area contributed by atoms with Crippen molar-refractivity contribution in [3.63, 3.8) is 0 Å². The largest absolute Gasteiger partial charge is 0.463 e. The van der Waals surface area contributed by atoms with Gasteiger partial charge in [0, 0.05) is 6.07 Å². The quantitative estimate of drug-likeness (QED) is 0.818. The van der Waals surface area contributed by atoms with Crippen LogP contribution in [0.15, 0.2) is 40.9 Å². The Labute approximate surface area is 139 Å². The lowest BCUT2D eigenvalue weighted by atomic mass is 10.0. The summed E-state index contributed by atoms with van der Waals surface area (Å²) >= 11 is 0.